The molecule has 0 spiro atoms. The Morgan fingerprint density at radius 2 is 1.93 bits per heavy atom. The molecule has 2 aliphatic rings. The highest BCUT2D eigenvalue weighted by Gasteiger charge is 2.49. The second kappa shape index (κ2) is 8.24. The first kappa shape index (κ1) is 20.5. The fourth-order valence-corrected chi connectivity index (χ4v) is 3.29. The maximum absolute atomic E-state index is 12.5. The summed E-state index contributed by atoms with van der Waals surface area (Å²) >= 11 is 0. The molecule has 27 heavy (non-hydrogen) atoms. The summed E-state index contributed by atoms with van der Waals surface area (Å²) in [5.74, 6) is -2.30. The number of hydrogen-bond acceptors (Lipinski definition) is 7. The van der Waals surface area contributed by atoms with E-state index in [2.05, 4.69) is 10.6 Å². The molecule has 2 amide bonds. The molecule has 9 nitrogen and oxygen atoms in total. The van der Waals surface area contributed by atoms with Crippen LogP contribution in [0.4, 0.5) is 0 Å². The molecule has 0 aromatic heterocycles. The first-order valence-corrected chi connectivity index (χ1v) is 8.57. The fraction of sp³-hybridized carbons (Fsp3) is 0.556. The van der Waals surface area contributed by atoms with Crippen LogP contribution in [0.3, 0.4) is 0 Å². The highest BCUT2D eigenvalue weighted by atomic mass is 16.6. The number of nitrogens with one attached hydrogen (secondary N) is 2. The zero-order valence-electron chi connectivity index (χ0n) is 15.9. The lowest BCUT2D eigenvalue weighted by atomic mass is 9.78. The average Bonchev–Trinajstić information content (AvgIpc) is 2.57. The molecule has 148 valence electrons. The van der Waals surface area contributed by atoms with Crippen LogP contribution < -0.4 is 10.6 Å². The third-order valence-electron chi connectivity index (χ3n) is 4.44. The number of allylic oxidation sites excluding steroid dienone is 1. The van der Waals surface area contributed by atoms with E-state index in [1.165, 1.54) is 34.0 Å². The number of carbonyl (C=O) groups excluding carboxylic acids is 4. The van der Waals surface area contributed by atoms with Gasteiger partial charge >= 0.3 is 11.9 Å². The van der Waals surface area contributed by atoms with Crippen LogP contribution in [0.5, 0.6) is 0 Å². The van der Waals surface area contributed by atoms with Gasteiger partial charge < -0.3 is 24.8 Å². The van der Waals surface area contributed by atoms with Gasteiger partial charge in [-0.05, 0) is 26.0 Å². The average molecular weight is 380 g/mol. The molecule has 2 N–H and O–H groups in total. The van der Waals surface area contributed by atoms with Crippen LogP contribution in [0.1, 0.15) is 27.7 Å². The van der Waals surface area contributed by atoms with Crippen molar-refractivity contribution in [1.82, 2.24) is 10.6 Å². The first-order valence-electron chi connectivity index (χ1n) is 8.57. The molecular weight excluding hydrogens is 356 g/mol. The molecule has 0 bridgehead atoms. The van der Waals surface area contributed by atoms with Crippen molar-refractivity contribution in [3.63, 3.8) is 0 Å². The normalized spacial score (nSPS) is 27.8. The van der Waals surface area contributed by atoms with Crippen molar-refractivity contribution in [1.29, 1.82) is 0 Å². The summed E-state index contributed by atoms with van der Waals surface area (Å²) < 4.78 is 16.0. The standard InChI is InChI=1S/C18H24N2O7/c1-8(19-10(3)21)17(23)20-16-9(2)26-18(24)15-12(25-5)6-7-13(14(15)16)27-11(4)22/h6-9,13-14,16H,1-5H3,(H,19,21)(H,20,23). The van der Waals surface area contributed by atoms with Crippen LogP contribution in [0.25, 0.3) is 0 Å². The summed E-state index contributed by atoms with van der Waals surface area (Å²) in [6.07, 6.45) is 1.70. The fourth-order valence-electron chi connectivity index (χ4n) is 3.29. The number of methoxy groups -OCH3 is 1. The molecule has 1 fully saturated rings. The van der Waals surface area contributed by atoms with Gasteiger partial charge in [-0.15, -0.1) is 0 Å². The summed E-state index contributed by atoms with van der Waals surface area (Å²) in [5, 5.41) is 5.29. The maximum Gasteiger partial charge on any atom is 0.338 e. The van der Waals surface area contributed by atoms with E-state index in [1.54, 1.807) is 13.0 Å². The largest absolute Gasteiger partial charge is 0.496 e. The number of cyclic esters (lactones) is 1. The SMILES string of the molecule is COC1=C2C(=O)OC(C)C(NC(=O)C(C)NC(C)=O)C2C(OC(C)=O)C=C1. The van der Waals surface area contributed by atoms with Gasteiger partial charge in [-0.25, -0.2) is 4.79 Å². The molecule has 0 aromatic rings. The number of carbonyl (C=O) groups is 4. The van der Waals surface area contributed by atoms with Gasteiger partial charge in [-0.3, -0.25) is 14.4 Å². The minimum Gasteiger partial charge on any atom is -0.496 e. The number of fused-ring (bicyclic) bond motifs is 1. The molecule has 0 radical (unpaired) electrons. The Morgan fingerprint density at radius 1 is 1.26 bits per heavy atom. The first-order chi connectivity index (χ1) is 12.6. The maximum atomic E-state index is 12.5. The predicted octanol–water partition coefficient (Wildman–Crippen LogP) is -0.0407. The Kier molecular flexibility index (Phi) is 6.24. The van der Waals surface area contributed by atoms with E-state index in [4.69, 9.17) is 14.2 Å². The van der Waals surface area contributed by atoms with Crippen molar-refractivity contribution in [2.45, 2.75) is 52.0 Å². The van der Waals surface area contributed by atoms with Crippen molar-refractivity contribution < 1.29 is 33.4 Å². The Labute approximate surface area is 157 Å². The van der Waals surface area contributed by atoms with Crippen LogP contribution in [-0.2, 0) is 33.4 Å². The van der Waals surface area contributed by atoms with E-state index >= 15 is 0 Å². The monoisotopic (exact) mass is 380 g/mol. The van der Waals surface area contributed by atoms with Crippen LogP contribution in [0.2, 0.25) is 0 Å². The molecule has 9 heteroatoms. The summed E-state index contributed by atoms with van der Waals surface area (Å²) in [6, 6.07) is -1.46. The topological polar surface area (TPSA) is 120 Å². The van der Waals surface area contributed by atoms with Crippen molar-refractivity contribution in [2.75, 3.05) is 7.11 Å². The lowest BCUT2D eigenvalue weighted by Gasteiger charge is -2.42. The van der Waals surface area contributed by atoms with Gasteiger partial charge in [-0.1, -0.05) is 0 Å². The summed E-state index contributed by atoms with van der Waals surface area (Å²) in [7, 11) is 1.41. The number of rotatable bonds is 5. The smallest absolute Gasteiger partial charge is 0.338 e. The Morgan fingerprint density at radius 3 is 2.48 bits per heavy atom. The number of hydrogen-bond donors (Lipinski definition) is 2. The van der Waals surface area contributed by atoms with E-state index in [-0.39, 0.29) is 17.2 Å². The predicted molar refractivity (Wildman–Crippen MR) is 93.0 cm³/mol. The number of amides is 2. The van der Waals surface area contributed by atoms with Crippen LogP contribution in [0.15, 0.2) is 23.5 Å². The third kappa shape index (κ3) is 4.47. The Hall–Kier alpha value is -2.84. The van der Waals surface area contributed by atoms with Gasteiger partial charge in [0.2, 0.25) is 11.8 Å². The molecule has 0 aromatic carbocycles. The highest BCUT2D eigenvalue weighted by Crippen LogP contribution is 2.37. The van der Waals surface area contributed by atoms with Crippen molar-refractivity contribution >= 4 is 23.8 Å². The summed E-state index contributed by atoms with van der Waals surface area (Å²) in [6.45, 7) is 5.75. The van der Waals surface area contributed by atoms with Crippen LogP contribution in [-0.4, -0.2) is 55.2 Å². The molecule has 1 heterocycles. The van der Waals surface area contributed by atoms with Crippen LogP contribution >= 0.6 is 0 Å². The number of esters is 2. The molecule has 5 atom stereocenters. The number of ether oxygens (including phenoxy) is 3. The lowest BCUT2D eigenvalue weighted by Crippen LogP contribution is -2.60. The quantitative estimate of drug-likeness (QED) is 0.642. The molecule has 0 saturated carbocycles. The van der Waals surface area contributed by atoms with Gasteiger partial charge in [0, 0.05) is 13.8 Å². The van der Waals surface area contributed by atoms with E-state index in [0.29, 0.717) is 0 Å². The van der Waals surface area contributed by atoms with Crippen molar-refractivity contribution in [3.05, 3.63) is 23.5 Å². The van der Waals surface area contributed by atoms with E-state index in [0.717, 1.165) is 0 Å². The molecule has 5 unspecified atom stereocenters. The van der Waals surface area contributed by atoms with Gasteiger partial charge in [0.15, 0.2) is 0 Å². The highest BCUT2D eigenvalue weighted by molar-refractivity contribution is 5.93. The van der Waals surface area contributed by atoms with E-state index in [1.807, 2.05) is 0 Å². The molecular formula is C18H24N2O7. The second-order valence-corrected chi connectivity index (χ2v) is 6.51. The van der Waals surface area contributed by atoms with Crippen molar-refractivity contribution in [3.8, 4) is 0 Å². The minimum atomic E-state index is -0.784. The van der Waals surface area contributed by atoms with E-state index in [9.17, 15) is 19.2 Å². The van der Waals surface area contributed by atoms with E-state index < -0.39 is 48.1 Å². The molecule has 1 saturated heterocycles. The molecule has 2 rings (SSSR count). The van der Waals surface area contributed by atoms with Crippen molar-refractivity contribution in [2.24, 2.45) is 5.92 Å². The molecule has 1 aliphatic heterocycles. The summed E-state index contributed by atoms with van der Waals surface area (Å²) in [5.41, 5.74) is 0.196. The van der Waals surface area contributed by atoms with Gasteiger partial charge in [0.05, 0.1) is 24.6 Å². The second-order valence-electron chi connectivity index (χ2n) is 6.51. The Bertz CT molecular complexity index is 712. The molecule has 1 aliphatic carbocycles. The zero-order chi connectivity index (χ0) is 20.3. The lowest BCUT2D eigenvalue weighted by molar-refractivity contribution is -0.160. The van der Waals surface area contributed by atoms with Gasteiger partial charge in [0.1, 0.15) is 24.0 Å². The van der Waals surface area contributed by atoms with Gasteiger partial charge in [-0.2, -0.15) is 0 Å². The minimum absolute atomic E-state index is 0.196. The van der Waals surface area contributed by atoms with Gasteiger partial charge in [0.25, 0.3) is 0 Å². The Balaban J connectivity index is 2.36. The van der Waals surface area contributed by atoms with Crippen LogP contribution in [0, 0.1) is 5.92 Å². The third-order valence-corrected chi connectivity index (χ3v) is 4.44. The summed E-state index contributed by atoms with van der Waals surface area (Å²) in [4.78, 5) is 47.6. The zero-order valence-corrected chi connectivity index (χ0v) is 15.9.